The van der Waals surface area contributed by atoms with Crippen molar-refractivity contribution in [1.82, 2.24) is 0 Å². The van der Waals surface area contributed by atoms with Gasteiger partial charge in [0.15, 0.2) is 5.43 Å². The maximum atomic E-state index is 12.8. The molecule has 1 aromatic carbocycles. The molecule has 0 saturated carbocycles. The first kappa shape index (κ1) is 17.2. The van der Waals surface area contributed by atoms with Crippen molar-refractivity contribution in [3.05, 3.63) is 38.9 Å². The molecule has 128 valence electrons. The van der Waals surface area contributed by atoms with E-state index in [1.54, 1.807) is 11.3 Å². The van der Waals surface area contributed by atoms with Crippen LogP contribution in [0.5, 0.6) is 0 Å². The Balaban J connectivity index is 1.92. The average molecular weight is 343 g/mol. The monoisotopic (exact) mass is 343 g/mol. The number of fused-ring (bicyclic) bond motifs is 2. The van der Waals surface area contributed by atoms with E-state index in [0.717, 1.165) is 53.4 Å². The summed E-state index contributed by atoms with van der Waals surface area (Å²) in [6.45, 7) is 4.30. The molecule has 0 aliphatic heterocycles. The lowest BCUT2D eigenvalue weighted by atomic mass is 9.87. The number of nitrogens with one attached hydrogen (secondary N) is 1. The summed E-state index contributed by atoms with van der Waals surface area (Å²) in [5.41, 5.74) is 2.01. The fourth-order valence-corrected chi connectivity index (χ4v) is 4.75. The number of benzene rings is 1. The van der Waals surface area contributed by atoms with E-state index in [9.17, 15) is 9.59 Å². The van der Waals surface area contributed by atoms with Gasteiger partial charge in [0, 0.05) is 32.6 Å². The molecule has 1 atom stereocenters. The highest BCUT2D eigenvalue weighted by Crippen LogP contribution is 2.32. The molecule has 0 radical (unpaired) electrons. The van der Waals surface area contributed by atoms with Gasteiger partial charge in [-0.2, -0.15) is 0 Å². The molecule has 2 aromatic rings. The van der Waals surface area contributed by atoms with Crippen molar-refractivity contribution in [3.63, 3.8) is 0 Å². The molecule has 24 heavy (non-hydrogen) atoms. The van der Waals surface area contributed by atoms with Gasteiger partial charge in [-0.25, -0.2) is 0 Å². The van der Waals surface area contributed by atoms with Gasteiger partial charge in [0.2, 0.25) is 5.91 Å². The van der Waals surface area contributed by atoms with Gasteiger partial charge in [-0.15, -0.1) is 11.3 Å². The Morgan fingerprint density at radius 1 is 1.33 bits per heavy atom. The van der Waals surface area contributed by atoms with Crippen molar-refractivity contribution in [2.75, 3.05) is 5.32 Å². The number of amides is 1. The van der Waals surface area contributed by atoms with Crippen LogP contribution in [0.3, 0.4) is 0 Å². The summed E-state index contributed by atoms with van der Waals surface area (Å²) in [7, 11) is 0. The molecule has 0 bridgehead atoms. The SMILES string of the molecule is CCCCC(=O)Nc1ccc2c(=O)c3c(sc2c1)CC(CC)CC3. The maximum Gasteiger partial charge on any atom is 0.224 e. The van der Waals surface area contributed by atoms with E-state index in [0.29, 0.717) is 12.3 Å². The molecule has 1 unspecified atom stereocenters. The van der Waals surface area contributed by atoms with Crippen molar-refractivity contribution in [1.29, 1.82) is 0 Å². The largest absolute Gasteiger partial charge is 0.326 e. The first-order valence-electron chi connectivity index (χ1n) is 9.00. The summed E-state index contributed by atoms with van der Waals surface area (Å²) < 4.78 is 0.990. The summed E-state index contributed by atoms with van der Waals surface area (Å²) >= 11 is 1.73. The Hall–Kier alpha value is -1.68. The van der Waals surface area contributed by atoms with Gasteiger partial charge >= 0.3 is 0 Å². The zero-order valence-corrected chi connectivity index (χ0v) is 15.3. The van der Waals surface area contributed by atoms with Crippen molar-refractivity contribution < 1.29 is 4.79 Å². The minimum atomic E-state index is 0.0487. The summed E-state index contributed by atoms with van der Waals surface area (Å²) in [6.07, 6.45) is 6.70. The fraction of sp³-hybridized carbons (Fsp3) is 0.500. The molecule has 1 heterocycles. The highest BCUT2D eigenvalue weighted by Gasteiger charge is 2.21. The molecule has 1 aliphatic carbocycles. The van der Waals surface area contributed by atoms with Crippen LogP contribution in [-0.4, -0.2) is 5.91 Å². The molecule has 3 rings (SSSR count). The van der Waals surface area contributed by atoms with E-state index in [1.165, 1.54) is 11.3 Å². The molecule has 1 amide bonds. The van der Waals surface area contributed by atoms with Gasteiger partial charge < -0.3 is 5.32 Å². The number of carbonyl (C=O) groups is 1. The number of anilines is 1. The van der Waals surface area contributed by atoms with Crippen molar-refractivity contribution in [2.24, 2.45) is 5.92 Å². The summed E-state index contributed by atoms with van der Waals surface area (Å²) in [5, 5.41) is 3.75. The molecule has 0 spiro atoms. The van der Waals surface area contributed by atoms with Crippen molar-refractivity contribution in [2.45, 2.75) is 58.8 Å². The van der Waals surface area contributed by atoms with Crippen LogP contribution in [0.4, 0.5) is 5.69 Å². The number of hydrogen-bond donors (Lipinski definition) is 1. The van der Waals surface area contributed by atoms with Gasteiger partial charge in [-0.3, -0.25) is 9.59 Å². The Kier molecular flexibility index (Phi) is 5.34. The van der Waals surface area contributed by atoms with E-state index in [4.69, 9.17) is 0 Å². The van der Waals surface area contributed by atoms with E-state index in [1.807, 2.05) is 18.2 Å². The number of unbranched alkanes of at least 4 members (excludes halogenated alkanes) is 1. The third kappa shape index (κ3) is 3.54. The molecule has 1 N–H and O–H groups in total. The van der Waals surface area contributed by atoms with E-state index in [2.05, 4.69) is 19.2 Å². The van der Waals surface area contributed by atoms with Crippen molar-refractivity contribution >= 4 is 33.0 Å². The molecule has 3 nitrogen and oxygen atoms in total. The van der Waals surface area contributed by atoms with E-state index in [-0.39, 0.29) is 11.3 Å². The van der Waals surface area contributed by atoms with E-state index < -0.39 is 0 Å². The third-order valence-corrected chi connectivity index (χ3v) is 6.18. The lowest BCUT2D eigenvalue weighted by Crippen LogP contribution is -2.20. The summed E-state index contributed by atoms with van der Waals surface area (Å²) in [4.78, 5) is 25.9. The molecular formula is C20H25NO2S. The van der Waals surface area contributed by atoms with Crippen molar-refractivity contribution in [3.8, 4) is 0 Å². The van der Waals surface area contributed by atoms with Crippen LogP contribution in [0.25, 0.3) is 10.1 Å². The van der Waals surface area contributed by atoms with Gasteiger partial charge in [0.05, 0.1) is 0 Å². The second-order valence-corrected chi connectivity index (χ2v) is 7.85. The standard InChI is InChI=1S/C20H25NO2S/c1-3-5-6-19(22)21-14-8-10-16-18(12-14)24-17-11-13(4-2)7-9-15(17)20(16)23/h8,10,12-13H,3-7,9,11H2,1-2H3,(H,21,22). The minimum Gasteiger partial charge on any atom is -0.326 e. The van der Waals surface area contributed by atoms with Crippen LogP contribution >= 0.6 is 11.3 Å². The van der Waals surface area contributed by atoms with E-state index >= 15 is 0 Å². The minimum absolute atomic E-state index is 0.0487. The predicted molar refractivity (Wildman–Crippen MR) is 102 cm³/mol. The van der Waals surface area contributed by atoms with Gasteiger partial charge in [-0.1, -0.05) is 26.7 Å². The third-order valence-electron chi connectivity index (χ3n) is 4.97. The van der Waals surface area contributed by atoms with Crippen LogP contribution in [0.2, 0.25) is 0 Å². The maximum absolute atomic E-state index is 12.8. The topological polar surface area (TPSA) is 46.2 Å². The first-order chi connectivity index (χ1) is 11.6. The highest BCUT2D eigenvalue weighted by atomic mass is 32.1. The number of rotatable bonds is 5. The predicted octanol–water partition coefficient (Wildman–Crippen LogP) is 4.91. The molecule has 1 aliphatic rings. The molecule has 1 aromatic heterocycles. The lowest BCUT2D eigenvalue weighted by molar-refractivity contribution is -0.116. The van der Waals surface area contributed by atoms with Crippen LogP contribution in [0.1, 0.15) is 56.4 Å². The van der Waals surface area contributed by atoms with Crippen LogP contribution in [0, 0.1) is 5.92 Å². The van der Waals surface area contributed by atoms with Gasteiger partial charge in [0.1, 0.15) is 0 Å². The second-order valence-electron chi connectivity index (χ2n) is 6.71. The Labute approximate surface area is 147 Å². The molecule has 0 fully saturated rings. The van der Waals surface area contributed by atoms with Crippen LogP contribution in [-0.2, 0) is 17.6 Å². The average Bonchev–Trinajstić information content (AvgIpc) is 2.59. The number of carbonyl (C=O) groups excluding carboxylic acids is 1. The second kappa shape index (κ2) is 7.47. The smallest absolute Gasteiger partial charge is 0.224 e. The summed E-state index contributed by atoms with van der Waals surface area (Å²) in [5.74, 6) is 0.745. The molecular weight excluding hydrogens is 318 g/mol. The normalized spacial score (nSPS) is 16.8. The Morgan fingerprint density at radius 3 is 2.92 bits per heavy atom. The Morgan fingerprint density at radius 2 is 2.17 bits per heavy atom. The highest BCUT2D eigenvalue weighted by molar-refractivity contribution is 7.18. The summed E-state index contributed by atoms with van der Waals surface area (Å²) in [6, 6.07) is 5.68. The van der Waals surface area contributed by atoms with Gasteiger partial charge in [0.25, 0.3) is 0 Å². The van der Waals surface area contributed by atoms with Crippen LogP contribution in [0.15, 0.2) is 23.0 Å². The number of hydrogen-bond acceptors (Lipinski definition) is 3. The molecule has 0 saturated heterocycles. The zero-order valence-electron chi connectivity index (χ0n) is 14.5. The zero-order chi connectivity index (χ0) is 17.1. The fourth-order valence-electron chi connectivity index (χ4n) is 3.40. The van der Waals surface area contributed by atoms with Gasteiger partial charge in [-0.05, 0) is 49.8 Å². The lowest BCUT2D eigenvalue weighted by Gasteiger charge is -2.22. The quantitative estimate of drug-likeness (QED) is 0.839. The van der Waals surface area contributed by atoms with Crippen LogP contribution < -0.4 is 10.7 Å². The first-order valence-corrected chi connectivity index (χ1v) is 9.82. The Bertz CT molecular complexity index is 809. The molecule has 4 heteroatoms.